The molecule has 1 aliphatic rings. The smallest absolute Gasteiger partial charge is 0.304 e. The van der Waals surface area contributed by atoms with Gasteiger partial charge < -0.3 is 82.4 Å². The summed E-state index contributed by atoms with van der Waals surface area (Å²) in [6.45, 7) is 5.61. The summed E-state index contributed by atoms with van der Waals surface area (Å²) < 4.78 is 0. The van der Waals surface area contributed by atoms with Crippen LogP contribution in [0.2, 0.25) is 0 Å². The van der Waals surface area contributed by atoms with Gasteiger partial charge in [0.25, 0.3) is 0 Å². The first kappa shape index (κ1) is 104. The number of hydrogen-bond acceptors (Lipinski definition) is 19. The number of phenols is 2. The molecule has 0 saturated carbocycles. The number of carbonyl (C=O) groups is 16. The van der Waals surface area contributed by atoms with Crippen molar-refractivity contribution >= 4 is 117 Å². The number of unbranched alkanes of at least 4 members (excludes halogenated alkanes) is 1. The summed E-state index contributed by atoms with van der Waals surface area (Å²) in [7, 11) is 6.74. The van der Waals surface area contributed by atoms with Gasteiger partial charge in [-0.1, -0.05) is 204 Å². The zero-order chi connectivity index (χ0) is 97.4. The third-order valence-corrected chi connectivity index (χ3v) is 25.1. The molecule has 0 bridgehead atoms. The van der Waals surface area contributed by atoms with Gasteiger partial charge in [-0.25, -0.2) is 0 Å². The van der Waals surface area contributed by atoms with Gasteiger partial charge in [-0.3, -0.25) is 76.7 Å². The summed E-state index contributed by atoms with van der Waals surface area (Å²) in [6, 6.07) is 40.0. The number of phenolic OH excluding ortho intramolecular Hbond substituents is 2. The molecule has 9 rings (SSSR count). The third kappa shape index (κ3) is 30.9. The van der Waals surface area contributed by atoms with Crippen LogP contribution in [0.1, 0.15) is 130 Å². The van der Waals surface area contributed by atoms with Gasteiger partial charge in [-0.05, 0) is 94.0 Å². The summed E-state index contributed by atoms with van der Waals surface area (Å²) in [5.41, 5.74) is 9.84. The predicted octanol–water partition coefficient (Wildman–Crippen LogP) is 6.89. The number of aromatic hydroxyl groups is 2. The Kier molecular flexibility index (Phi) is 39.3. The number of rotatable bonds is 25. The van der Waals surface area contributed by atoms with E-state index in [0.29, 0.717) is 62.7 Å². The van der Waals surface area contributed by atoms with E-state index in [9.17, 15) is 44.1 Å². The fourth-order valence-electron chi connectivity index (χ4n) is 16.5. The summed E-state index contributed by atoms with van der Waals surface area (Å²) in [4.78, 5) is 247. The molecular formula is C101H123N13O19S. The van der Waals surface area contributed by atoms with Crippen molar-refractivity contribution in [2.75, 3.05) is 59.8 Å². The minimum Gasteiger partial charge on any atom is -0.508 e. The average molecular weight is 1860 g/mol. The first-order valence-electron chi connectivity index (χ1n) is 45.0. The highest BCUT2D eigenvalue weighted by Crippen LogP contribution is 2.33. The minimum atomic E-state index is -1.59. The Labute approximate surface area is 784 Å². The van der Waals surface area contributed by atoms with Crippen LogP contribution >= 0.6 is 11.8 Å². The van der Waals surface area contributed by atoms with Crippen molar-refractivity contribution in [2.24, 2.45) is 23.5 Å². The molecule has 1 aromatic heterocycles. The Balaban J connectivity index is 1.13. The first-order chi connectivity index (χ1) is 63.9. The molecule has 712 valence electrons. The topological polar surface area (TPSA) is 464 Å². The largest absolute Gasteiger partial charge is 0.508 e. The van der Waals surface area contributed by atoms with Crippen LogP contribution in [0.25, 0.3) is 10.9 Å². The number of para-hydroxylation sites is 1. The van der Waals surface area contributed by atoms with Crippen LogP contribution in [-0.4, -0.2) is 253 Å². The van der Waals surface area contributed by atoms with Gasteiger partial charge in [0, 0.05) is 128 Å². The molecule has 1 aliphatic heterocycles. The van der Waals surface area contributed by atoms with Crippen LogP contribution in [0.3, 0.4) is 0 Å². The summed E-state index contributed by atoms with van der Waals surface area (Å²) in [5, 5.41) is 48.8. The molecule has 12 N–H and O–H groups in total. The lowest BCUT2D eigenvalue weighted by atomic mass is 9.79. The molecule has 134 heavy (non-hydrogen) atoms. The van der Waals surface area contributed by atoms with Gasteiger partial charge in [0.2, 0.25) is 70.9 Å². The van der Waals surface area contributed by atoms with Crippen molar-refractivity contribution in [1.29, 1.82) is 0 Å². The van der Waals surface area contributed by atoms with Gasteiger partial charge in [0.05, 0.1) is 37.2 Å². The maximum atomic E-state index is 15.9. The van der Waals surface area contributed by atoms with Crippen molar-refractivity contribution in [2.45, 2.75) is 184 Å². The molecule has 7 aromatic carbocycles. The fraction of sp³-hybridized carbons (Fsp3) is 0.406. The third-order valence-electron chi connectivity index (χ3n) is 24.1. The molecular weight excluding hydrogens is 1730 g/mol. The maximum Gasteiger partial charge on any atom is 0.304 e. The standard InChI is InChI=1S/C101H123N13O19S/c1-10-11-36-84-100(132)110(5)58-74(117)53-70(55-92(123)124)88(119)56-76(63(4)69-32-22-15-23-33-69)97(129)113(8)85(51-65-28-18-13-19-29-65)96(128)108-81(50-68-39-43-73(116)44-40-68)98(130)111(6)59-90(121)104-80(54-71-57-103-77-35-25-24-34-75(71)77)95(127)107-79(48-67-37-41-72(115)42-38-67)94(126)106-78(47-62(2)3)93(125)109-83(87(118)45-46-89(102)120)60-134-61-91(122)105-82(49-64-26-16-12-17-27-64)99(131)114(9)86(101(133)112(84)7)52-66-30-20-14-21-31-66/h12-35,37-44,57,62-63,70,76,78-86,103,115-116H,10-11,36,45-56,58-61H2,1-9H3,(H2,102,120)(H,104,121)(H,105,122)(H,106,126)(H,107,127)(H,108,128)(H,109,125)(H,123,124)/t63?,70-,76?,78-,79-,80-,81-,82-,83-,84-,85-,86-/m0/s1. The number of aliphatic carboxylic acids is 1. The van der Waals surface area contributed by atoms with Gasteiger partial charge >= 0.3 is 5.97 Å². The van der Waals surface area contributed by atoms with Gasteiger partial charge in [0.1, 0.15) is 65.6 Å². The van der Waals surface area contributed by atoms with Crippen molar-refractivity contribution in [3.8, 4) is 11.5 Å². The van der Waals surface area contributed by atoms with Gasteiger partial charge in [-0.2, -0.15) is 0 Å². The number of fused-ring (bicyclic) bond motifs is 1. The second-order valence-electron chi connectivity index (χ2n) is 34.9. The van der Waals surface area contributed by atoms with E-state index in [-0.39, 0.29) is 74.5 Å². The Morgan fingerprint density at radius 2 is 0.933 bits per heavy atom. The number of primary amides is 1. The molecule has 2 unspecified atom stereocenters. The number of hydrogen-bond donors (Lipinski definition) is 11. The van der Waals surface area contributed by atoms with Crippen LogP contribution in [0.5, 0.6) is 11.5 Å². The number of carboxylic acids is 1. The van der Waals surface area contributed by atoms with Crippen LogP contribution in [0, 0.1) is 17.8 Å². The average Bonchev–Trinajstić information content (AvgIpc) is 1.42. The zero-order valence-electron chi connectivity index (χ0n) is 77.1. The molecule has 12 atom stereocenters. The molecule has 0 radical (unpaired) electrons. The van der Waals surface area contributed by atoms with Crippen molar-refractivity contribution in [3.05, 3.63) is 239 Å². The Morgan fingerprint density at radius 3 is 1.49 bits per heavy atom. The normalized spacial score (nSPS) is 21.9. The number of nitrogens with one attached hydrogen (secondary N) is 7. The quantitative estimate of drug-likeness (QED) is 0.0277. The molecule has 1 saturated heterocycles. The molecule has 8 aromatic rings. The van der Waals surface area contributed by atoms with Crippen LogP contribution < -0.4 is 37.6 Å². The zero-order valence-corrected chi connectivity index (χ0v) is 77.9. The van der Waals surface area contributed by atoms with E-state index in [2.05, 4.69) is 36.9 Å². The molecule has 2 heterocycles. The number of carbonyl (C=O) groups excluding carboxylic acids is 15. The number of ketones is 3. The highest BCUT2D eigenvalue weighted by Gasteiger charge is 2.43. The van der Waals surface area contributed by atoms with Crippen LogP contribution in [0.15, 0.2) is 200 Å². The number of H-pyrrole nitrogens is 1. The lowest BCUT2D eigenvalue weighted by Crippen LogP contribution is -2.59. The molecule has 0 spiro atoms. The number of likely N-dealkylation sites (N-methyl/N-ethyl adjacent to an activating group) is 5. The predicted molar refractivity (Wildman–Crippen MR) is 506 cm³/mol. The number of thioether (sulfide) groups is 1. The van der Waals surface area contributed by atoms with E-state index in [4.69, 9.17) is 5.73 Å². The maximum absolute atomic E-state index is 15.9. The number of aromatic amines is 1. The van der Waals surface area contributed by atoms with Gasteiger partial charge in [-0.15, -0.1) is 11.8 Å². The summed E-state index contributed by atoms with van der Waals surface area (Å²) >= 11 is 0.875. The van der Waals surface area contributed by atoms with E-state index in [1.807, 2.05) is 6.92 Å². The molecule has 1 fully saturated rings. The second-order valence-corrected chi connectivity index (χ2v) is 35.9. The van der Waals surface area contributed by atoms with Crippen molar-refractivity contribution in [1.82, 2.24) is 61.4 Å². The van der Waals surface area contributed by atoms with Gasteiger partial charge in [0.15, 0.2) is 11.6 Å². The van der Waals surface area contributed by atoms with Crippen molar-refractivity contribution < 1.29 is 92.0 Å². The van der Waals surface area contributed by atoms with E-state index < -0.39 is 217 Å². The van der Waals surface area contributed by atoms with Crippen molar-refractivity contribution in [3.63, 3.8) is 0 Å². The number of amides is 12. The van der Waals surface area contributed by atoms with E-state index in [0.717, 1.165) is 26.5 Å². The van der Waals surface area contributed by atoms with Crippen LogP contribution in [0.4, 0.5) is 0 Å². The Bertz CT molecular complexity index is 5400. The Hall–Kier alpha value is -13.9. The SMILES string of the molecule is CCCC[C@H]1C(=O)N(C)CC(=O)C[C@@H](CC(=O)O)C(=O)CC(C(C)c2ccccc2)C(=O)N(C)[C@@H](Cc2ccccc2)C(=O)N[C@@H](Cc2ccc(O)cc2)C(=O)N(C)CC(=O)N[C@@H](Cc2c[nH]c3ccccc23)C(=O)N[C@@H](Cc2ccc(O)cc2)C(=O)N[C@@H](CC(C)C)C(=O)N[C@H](C(=O)CCC(N)=O)CSCC(=O)N[C@@H](Cc2ccccc2)C(=O)N(C)[C@@H](Cc2ccccc2)C(=O)N1C. The van der Waals surface area contributed by atoms with Crippen LogP contribution in [-0.2, 0) is 115 Å². The van der Waals surface area contributed by atoms with E-state index >= 15 is 47.9 Å². The summed E-state index contributed by atoms with van der Waals surface area (Å²) in [5.74, 6) is -18.9. The molecule has 0 aliphatic carbocycles. The minimum absolute atomic E-state index is 0.0547. The number of nitrogens with two attached hydrogens (primary N) is 1. The monoisotopic (exact) mass is 1850 g/mol. The summed E-state index contributed by atoms with van der Waals surface area (Å²) in [6.07, 6.45) is -1.91. The fourth-order valence-corrected chi connectivity index (χ4v) is 17.4. The number of aromatic nitrogens is 1. The molecule has 32 nitrogen and oxygen atoms in total. The number of benzene rings is 7. The lowest BCUT2D eigenvalue weighted by Gasteiger charge is -2.37. The second kappa shape index (κ2) is 50.7. The lowest BCUT2D eigenvalue weighted by molar-refractivity contribution is -0.151. The number of nitrogens with zero attached hydrogens (tertiary/aromatic N) is 5. The number of carboxylic acid groups (broad SMARTS) is 1. The Morgan fingerprint density at radius 1 is 0.463 bits per heavy atom. The highest BCUT2D eigenvalue weighted by atomic mass is 32.2. The molecule has 33 heteroatoms. The van der Waals surface area contributed by atoms with E-state index in [1.54, 1.807) is 173 Å². The highest BCUT2D eigenvalue weighted by molar-refractivity contribution is 8.00. The first-order valence-corrected chi connectivity index (χ1v) is 46.1. The number of Topliss-reactive ketones (excluding diaryl/α,β-unsaturated/α-hetero) is 3. The van der Waals surface area contributed by atoms with E-state index in [1.165, 1.54) is 93.6 Å². The molecule has 12 amide bonds.